The highest BCUT2D eigenvalue weighted by atomic mass is 35.5. The average Bonchev–Trinajstić information content (AvgIpc) is 2.68. The van der Waals surface area contributed by atoms with Crippen LogP contribution in [-0.4, -0.2) is 28.7 Å². The predicted molar refractivity (Wildman–Crippen MR) is 104 cm³/mol. The van der Waals surface area contributed by atoms with Crippen LogP contribution in [0.3, 0.4) is 0 Å². The van der Waals surface area contributed by atoms with Crippen molar-refractivity contribution in [2.45, 2.75) is 6.10 Å². The van der Waals surface area contributed by atoms with Crippen molar-refractivity contribution in [2.75, 3.05) is 17.7 Å². The summed E-state index contributed by atoms with van der Waals surface area (Å²) in [4.78, 5) is 0. The van der Waals surface area contributed by atoms with Crippen molar-refractivity contribution in [3.63, 3.8) is 0 Å². The third-order valence-electron chi connectivity index (χ3n) is 4.00. The first-order valence-corrected chi connectivity index (χ1v) is 8.68. The number of phenols is 1. The standard InChI is InChI=1S/C21H20ClNO2/c22-13-18(24)14-23-17-11-19(15-7-3-1-4-8-15)21(25)20(12-17)16-9-5-2-6-10-16/h1-12,18,23-25H,13-14H2. The maximum atomic E-state index is 10.8. The molecular formula is C21H20ClNO2. The number of phenolic OH excluding ortho intramolecular Hbond substituents is 1. The highest BCUT2D eigenvalue weighted by molar-refractivity contribution is 6.18. The normalized spacial score (nSPS) is 11.9. The monoisotopic (exact) mass is 353 g/mol. The van der Waals surface area contributed by atoms with Gasteiger partial charge in [0, 0.05) is 23.4 Å². The number of benzene rings is 3. The molecule has 0 aliphatic carbocycles. The largest absolute Gasteiger partial charge is 0.507 e. The van der Waals surface area contributed by atoms with E-state index >= 15 is 0 Å². The summed E-state index contributed by atoms with van der Waals surface area (Å²) in [7, 11) is 0. The molecule has 0 spiro atoms. The quantitative estimate of drug-likeness (QED) is 0.443. The van der Waals surface area contributed by atoms with E-state index < -0.39 is 6.10 Å². The van der Waals surface area contributed by atoms with E-state index in [4.69, 9.17) is 11.6 Å². The van der Waals surface area contributed by atoms with Crippen molar-refractivity contribution < 1.29 is 10.2 Å². The van der Waals surface area contributed by atoms with Gasteiger partial charge in [0.25, 0.3) is 0 Å². The number of anilines is 1. The molecule has 3 aromatic carbocycles. The molecule has 0 saturated carbocycles. The van der Waals surface area contributed by atoms with E-state index in [-0.39, 0.29) is 11.6 Å². The minimum Gasteiger partial charge on any atom is -0.507 e. The molecule has 3 N–H and O–H groups in total. The summed E-state index contributed by atoms with van der Waals surface area (Å²) < 4.78 is 0. The Morgan fingerprint density at radius 3 is 1.76 bits per heavy atom. The molecule has 0 fully saturated rings. The van der Waals surface area contributed by atoms with Crippen LogP contribution in [0, 0.1) is 0 Å². The Morgan fingerprint density at radius 2 is 1.32 bits per heavy atom. The van der Waals surface area contributed by atoms with Crippen LogP contribution in [0.5, 0.6) is 5.75 Å². The molecule has 1 unspecified atom stereocenters. The first kappa shape index (κ1) is 17.3. The fourth-order valence-electron chi connectivity index (χ4n) is 2.70. The van der Waals surface area contributed by atoms with Crippen LogP contribution in [0.15, 0.2) is 72.8 Å². The zero-order valence-electron chi connectivity index (χ0n) is 13.7. The van der Waals surface area contributed by atoms with Crippen LogP contribution in [-0.2, 0) is 0 Å². The van der Waals surface area contributed by atoms with Crippen LogP contribution < -0.4 is 5.32 Å². The number of aromatic hydroxyl groups is 1. The van der Waals surface area contributed by atoms with Crippen molar-refractivity contribution in [1.82, 2.24) is 0 Å². The summed E-state index contributed by atoms with van der Waals surface area (Å²) in [6.45, 7) is 0.344. The highest BCUT2D eigenvalue weighted by Crippen LogP contribution is 2.40. The fraction of sp³-hybridized carbons (Fsp3) is 0.143. The summed E-state index contributed by atoms with van der Waals surface area (Å²) in [6.07, 6.45) is -0.629. The third kappa shape index (κ3) is 4.13. The van der Waals surface area contributed by atoms with Crippen molar-refractivity contribution in [2.24, 2.45) is 0 Å². The van der Waals surface area contributed by atoms with Gasteiger partial charge in [-0.3, -0.25) is 0 Å². The second-order valence-corrected chi connectivity index (χ2v) is 6.15. The minimum atomic E-state index is -0.629. The number of aliphatic hydroxyl groups excluding tert-OH is 1. The van der Waals surface area contributed by atoms with E-state index in [0.717, 1.165) is 27.9 Å². The van der Waals surface area contributed by atoms with Gasteiger partial charge in [0.15, 0.2) is 0 Å². The summed E-state index contributed by atoms with van der Waals surface area (Å²) in [6, 6.07) is 23.3. The average molecular weight is 354 g/mol. The second kappa shape index (κ2) is 8.06. The number of hydrogen-bond donors (Lipinski definition) is 3. The molecule has 0 aromatic heterocycles. The molecule has 3 rings (SSSR count). The lowest BCUT2D eigenvalue weighted by atomic mass is 9.96. The fourth-order valence-corrected chi connectivity index (χ4v) is 2.81. The van der Waals surface area contributed by atoms with Crippen LogP contribution in [0.4, 0.5) is 5.69 Å². The summed E-state index contributed by atoms with van der Waals surface area (Å²) in [5.41, 5.74) is 4.16. The van der Waals surface area contributed by atoms with E-state index in [2.05, 4.69) is 5.32 Å². The minimum absolute atomic E-state index is 0.169. The maximum Gasteiger partial charge on any atom is 0.131 e. The molecule has 0 radical (unpaired) electrons. The SMILES string of the molecule is Oc1c(-c2ccccc2)cc(NCC(O)CCl)cc1-c1ccccc1. The zero-order valence-corrected chi connectivity index (χ0v) is 14.4. The molecule has 0 saturated heterocycles. The number of aliphatic hydroxyl groups is 1. The van der Waals surface area contributed by atoms with Gasteiger partial charge in [0.2, 0.25) is 0 Å². The molecule has 0 heterocycles. The Labute approximate surface area is 152 Å². The molecule has 25 heavy (non-hydrogen) atoms. The maximum absolute atomic E-state index is 10.8. The van der Waals surface area contributed by atoms with Crippen LogP contribution in [0.25, 0.3) is 22.3 Å². The highest BCUT2D eigenvalue weighted by Gasteiger charge is 2.14. The number of rotatable bonds is 6. The predicted octanol–water partition coefficient (Wildman–Crippen LogP) is 4.74. The van der Waals surface area contributed by atoms with Crippen LogP contribution >= 0.6 is 11.6 Å². The molecule has 128 valence electrons. The van der Waals surface area contributed by atoms with Gasteiger partial charge in [-0.05, 0) is 23.3 Å². The van der Waals surface area contributed by atoms with Crippen LogP contribution in [0.1, 0.15) is 0 Å². The van der Waals surface area contributed by atoms with Gasteiger partial charge in [-0.25, -0.2) is 0 Å². The number of nitrogens with one attached hydrogen (secondary N) is 1. The molecule has 1 atom stereocenters. The first-order valence-electron chi connectivity index (χ1n) is 8.15. The van der Waals surface area contributed by atoms with Crippen molar-refractivity contribution in [1.29, 1.82) is 0 Å². The summed E-state index contributed by atoms with van der Waals surface area (Å²) in [5, 5.41) is 23.7. The Hall–Kier alpha value is -2.49. The van der Waals surface area contributed by atoms with Gasteiger partial charge in [-0.15, -0.1) is 11.6 Å². The van der Waals surface area contributed by atoms with Gasteiger partial charge in [-0.1, -0.05) is 60.7 Å². The molecule has 3 nitrogen and oxygen atoms in total. The van der Waals surface area contributed by atoms with E-state index in [1.165, 1.54) is 0 Å². The van der Waals surface area contributed by atoms with Gasteiger partial charge >= 0.3 is 0 Å². The lowest BCUT2D eigenvalue weighted by Gasteiger charge is -2.16. The molecule has 0 amide bonds. The summed E-state index contributed by atoms with van der Waals surface area (Å²) >= 11 is 5.67. The van der Waals surface area contributed by atoms with Gasteiger partial charge < -0.3 is 15.5 Å². The number of hydrogen-bond acceptors (Lipinski definition) is 3. The Balaban J connectivity index is 2.08. The molecule has 4 heteroatoms. The second-order valence-electron chi connectivity index (χ2n) is 5.84. The smallest absolute Gasteiger partial charge is 0.131 e. The number of halogens is 1. The van der Waals surface area contributed by atoms with E-state index in [1.807, 2.05) is 72.8 Å². The Kier molecular flexibility index (Phi) is 5.59. The molecule has 3 aromatic rings. The van der Waals surface area contributed by atoms with Crippen molar-refractivity contribution >= 4 is 17.3 Å². The van der Waals surface area contributed by atoms with Gasteiger partial charge in [0.05, 0.1) is 12.0 Å². The number of alkyl halides is 1. The molecular weight excluding hydrogens is 334 g/mol. The van der Waals surface area contributed by atoms with Crippen molar-refractivity contribution in [3.8, 4) is 28.0 Å². The molecule has 0 bridgehead atoms. The third-order valence-corrected chi connectivity index (χ3v) is 4.36. The van der Waals surface area contributed by atoms with E-state index in [1.54, 1.807) is 0 Å². The lowest BCUT2D eigenvalue weighted by Crippen LogP contribution is -2.20. The van der Waals surface area contributed by atoms with E-state index in [9.17, 15) is 10.2 Å². The molecule has 0 aliphatic rings. The van der Waals surface area contributed by atoms with Gasteiger partial charge in [0.1, 0.15) is 5.75 Å². The molecule has 0 aliphatic heterocycles. The van der Waals surface area contributed by atoms with Crippen LogP contribution in [0.2, 0.25) is 0 Å². The van der Waals surface area contributed by atoms with E-state index in [0.29, 0.717) is 6.54 Å². The summed E-state index contributed by atoms with van der Waals surface area (Å²) in [5.74, 6) is 0.406. The Morgan fingerprint density at radius 1 is 0.840 bits per heavy atom. The topological polar surface area (TPSA) is 52.5 Å². The Bertz CT molecular complexity index is 761. The van der Waals surface area contributed by atoms with Crippen molar-refractivity contribution in [3.05, 3.63) is 72.8 Å². The lowest BCUT2D eigenvalue weighted by molar-refractivity contribution is 0.211. The first-order chi connectivity index (χ1) is 12.2. The van der Waals surface area contributed by atoms with Gasteiger partial charge in [-0.2, -0.15) is 0 Å². The zero-order chi connectivity index (χ0) is 17.6.